The molecule has 1 aliphatic heterocycles. The summed E-state index contributed by atoms with van der Waals surface area (Å²) in [6, 6.07) is 0.738. The fourth-order valence-corrected chi connectivity index (χ4v) is 3.00. The van der Waals surface area contributed by atoms with Gasteiger partial charge in [-0.2, -0.15) is 18.3 Å². The van der Waals surface area contributed by atoms with E-state index in [1.807, 2.05) is 0 Å². The monoisotopic (exact) mass is 368 g/mol. The Morgan fingerprint density at radius 2 is 2.00 bits per heavy atom. The average Bonchev–Trinajstić information content (AvgIpc) is 3.25. The summed E-state index contributed by atoms with van der Waals surface area (Å²) in [6.07, 6.45) is 1.38. The van der Waals surface area contributed by atoms with Gasteiger partial charge in [0.05, 0.1) is 6.20 Å². The molecule has 138 valence electrons. The van der Waals surface area contributed by atoms with Crippen LogP contribution < -0.4 is 5.56 Å². The van der Waals surface area contributed by atoms with E-state index >= 15 is 0 Å². The Hall–Kier alpha value is -2.62. The predicted molar refractivity (Wildman–Crippen MR) is 82.9 cm³/mol. The topological polar surface area (TPSA) is 74.6 Å². The van der Waals surface area contributed by atoms with Gasteiger partial charge in [0.25, 0.3) is 5.56 Å². The van der Waals surface area contributed by atoms with E-state index in [0.717, 1.165) is 29.2 Å². The molecular weight excluding hydrogens is 353 g/mol. The third-order valence-corrected chi connectivity index (χ3v) is 4.39. The van der Waals surface area contributed by atoms with Crippen LogP contribution in [-0.2, 0) is 17.5 Å². The van der Waals surface area contributed by atoms with Crippen molar-refractivity contribution < 1.29 is 22.3 Å². The number of rotatable bonds is 3. The highest BCUT2D eigenvalue weighted by Gasteiger charge is 2.34. The lowest BCUT2D eigenvalue weighted by molar-refractivity contribution is -0.141. The number of aromatic nitrogens is 4. The first-order chi connectivity index (χ1) is 12.4. The molecule has 7 nitrogen and oxygen atoms in total. The van der Waals surface area contributed by atoms with Gasteiger partial charge in [-0.1, -0.05) is 0 Å². The molecule has 3 aromatic heterocycles. The van der Waals surface area contributed by atoms with Crippen LogP contribution in [-0.4, -0.2) is 32.4 Å². The number of oxazole rings is 1. The molecule has 0 aromatic carbocycles. The Labute approximate surface area is 145 Å². The van der Waals surface area contributed by atoms with Crippen LogP contribution in [0.2, 0.25) is 0 Å². The molecule has 1 aliphatic rings. The number of halogens is 3. The summed E-state index contributed by atoms with van der Waals surface area (Å²) in [6.45, 7) is 1.37. The summed E-state index contributed by atoms with van der Waals surface area (Å²) in [5.41, 5.74) is -1.86. The fraction of sp³-hybridized carbons (Fsp3) is 0.438. The Morgan fingerprint density at radius 1 is 1.23 bits per heavy atom. The van der Waals surface area contributed by atoms with Gasteiger partial charge in [-0.05, 0) is 12.8 Å². The van der Waals surface area contributed by atoms with Gasteiger partial charge in [0, 0.05) is 37.6 Å². The second-order valence-electron chi connectivity index (χ2n) is 6.13. The van der Waals surface area contributed by atoms with Gasteiger partial charge in [-0.15, -0.1) is 0 Å². The molecule has 1 saturated heterocycles. The number of alkyl halides is 3. The van der Waals surface area contributed by atoms with E-state index in [9.17, 15) is 18.0 Å². The minimum absolute atomic E-state index is 0.0328. The minimum Gasteiger partial charge on any atom is -0.443 e. The van der Waals surface area contributed by atoms with Crippen molar-refractivity contribution in [2.75, 3.05) is 13.2 Å². The largest absolute Gasteiger partial charge is 0.443 e. The van der Waals surface area contributed by atoms with Crippen LogP contribution in [0.3, 0.4) is 0 Å². The smallest absolute Gasteiger partial charge is 0.435 e. The zero-order valence-electron chi connectivity index (χ0n) is 13.6. The lowest BCUT2D eigenvalue weighted by Gasteiger charge is -2.19. The van der Waals surface area contributed by atoms with Crippen molar-refractivity contribution in [2.45, 2.75) is 31.5 Å². The molecule has 0 saturated carbocycles. The lowest BCUT2D eigenvalue weighted by Crippen LogP contribution is -2.21. The Kier molecular flexibility index (Phi) is 4.06. The van der Waals surface area contributed by atoms with Gasteiger partial charge in [-0.3, -0.25) is 4.79 Å². The summed E-state index contributed by atoms with van der Waals surface area (Å²) in [7, 11) is 0. The second-order valence-corrected chi connectivity index (χ2v) is 6.13. The van der Waals surface area contributed by atoms with Gasteiger partial charge in [0.1, 0.15) is 17.8 Å². The predicted octanol–water partition coefficient (Wildman–Crippen LogP) is 2.45. The summed E-state index contributed by atoms with van der Waals surface area (Å²) < 4.78 is 51.5. The number of hydrogen-bond acceptors (Lipinski definition) is 5. The average molecular weight is 368 g/mol. The number of ether oxygens (including phenoxy) is 1. The summed E-state index contributed by atoms with van der Waals surface area (Å²) in [5.74, 6) is 1.29. The molecule has 4 rings (SSSR count). The van der Waals surface area contributed by atoms with Gasteiger partial charge < -0.3 is 13.7 Å². The molecular formula is C16H15F3N4O3. The van der Waals surface area contributed by atoms with Crippen LogP contribution in [0.5, 0.6) is 0 Å². The molecule has 0 amide bonds. The normalized spacial score (nSPS) is 16.4. The maximum absolute atomic E-state index is 12.8. The van der Waals surface area contributed by atoms with Crippen LogP contribution in [0.1, 0.15) is 36.1 Å². The van der Waals surface area contributed by atoms with E-state index in [1.165, 1.54) is 17.0 Å². The maximum Gasteiger partial charge on any atom is 0.435 e. The Balaban J connectivity index is 1.60. The van der Waals surface area contributed by atoms with Crippen molar-refractivity contribution in [1.82, 2.24) is 19.2 Å². The first kappa shape index (κ1) is 16.8. The van der Waals surface area contributed by atoms with Crippen molar-refractivity contribution in [2.24, 2.45) is 0 Å². The summed E-state index contributed by atoms with van der Waals surface area (Å²) in [4.78, 5) is 16.6. The van der Waals surface area contributed by atoms with Gasteiger partial charge in [0.2, 0.25) is 5.89 Å². The van der Waals surface area contributed by atoms with Crippen molar-refractivity contribution in [3.63, 3.8) is 0 Å². The fourth-order valence-electron chi connectivity index (χ4n) is 3.00. The van der Waals surface area contributed by atoms with Crippen molar-refractivity contribution in [1.29, 1.82) is 0 Å². The highest BCUT2D eigenvalue weighted by atomic mass is 19.4. The highest BCUT2D eigenvalue weighted by Crippen LogP contribution is 2.28. The molecule has 1 fully saturated rings. The van der Waals surface area contributed by atoms with Crippen molar-refractivity contribution >= 4 is 5.52 Å². The van der Waals surface area contributed by atoms with E-state index in [-0.39, 0.29) is 18.0 Å². The third-order valence-electron chi connectivity index (χ3n) is 4.39. The molecule has 0 aliphatic carbocycles. The van der Waals surface area contributed by atoms with E-state index in [0.29, 0.717) is 19.1 Å². The molecule has 10 heteroatoms. The van der Waals surface area contributed by atoms with Crippen LogP contribution in [0, 0.1) is 0 Å². The van der Waals surface area contributed by atoms with Gasteiger partial charge in [0.15, 0.2) is 5.69 Å². The van der Waals surface area contributed by atoms with Crippen LogP contribution >= 0.6 is 0 Å². The molecule has 0 N–H and O–H groups in total. The van der Waals surface area contributed by atoms with Crippen LogP contribution in [0.15, 0.2) is 33.9 Å². The zero-order chi connectivity index (χ0) is 18.3. The van der Waals surface area contributed by atoms with Crippen LogP contribution in [0.25, 0.3) is 5.52 Å². The van der Waals surface area contributed by atoms with E-state index < -0.39 is 17.4 Å². The van der Waals surface area contributed by atoms with E-state index in [2.05, 4.69) is 10.1 Å². The number of fused-ring (bicyclic) bond motifs is 1. The van der Waals surface area contributed by atoms with E-state index in [4.69, 9.17) is 9.15 Å². The standard InChI is InChI=1S/C16H15F3N4O3/c17-16(18,19)13-7-11-15(24)22(3-4-23(11)21-13)9-14-20-8-12(26-14)10-1-5-25-6-2-10/h3-4,7-8,10H,1-2,5-6,9H2. The van der Waals surface area contributed by atoms with Gasteiger partial charge >= 0.3 is 6.18 Å². The molecule has 0 spiro atoms. The van der Waals surface area contributed by atoms with Gasteiger partial charge in [-0.25, -0.2) is 9.50 Å². The number of hydrogen-bond donors (Lipinski definition) is 0. The number of nitrogens with zero attached hydrogens (tertiary/aromatic N) is 4. The molecule has 0 bridgehead atoms. The maximum atomic E-state index is 12.8. The first-order valence-electron chi connectivity index (χ1n) is 8.10. The lowest BCUT2D eigenvalue weighted by atomic mass is 9.98. The second kappa shape index (κ2) is 6.27. The van der Waals surface area contributed by atoms with E-state index in [1.54, 1.807) is 6.20 Å². The molecule has 0 atom stereocenters. The molecule has 3 aromatic rings. The SMILES string of the molecule is O=c1c2cc(C(F)(F)F)nn2ccn1Cc1ncc(C2CCOCC2)o1. The van der Waals surface area contributed by atoms with Crippen molar-refractivity contribution in [3.05, 3.63) is 52.4 Å². The minimum atomic E-state index is -4.61. The molecule has 0 radical (unpaired) electrons. The zero-order valence-corrected chi connectivity index (χ0v) is 13.6. The first-order valence-corrected chi connectivity index (χ1v) is 8.10. The third kappa shape index (κ3) is 3.12. The summed E-state index contributed by atoms with van der Waals surface area (Å²) in [5, 5.41) is 3.39. The molecule has 0 unspecified atom stereocenters. The highest BCUT2D eigenvalue weighted by molar-refractivity contribution is 5.45. The molecule has 26 heavy (non-hydrogen) atoms. The quantitative estimate of drug-likeness (QED) is 0.710. The Morgan fingerprint density at radius 3 is 2.73 bits per heavy atom. The summed E-state index contributed by atoms with van der Waals surface area (Å²) >= 11 is 0. The Bertz CT molecular complexity index is 983. The van der Waals surface area contributed by atoms with Crippen LogP contribution in [0.4, 0.5) is 13.2 Å². The molecule has 4 heterocycles. The van der Waals surface area contributed by atoms with Crippen molar-refractivity contribution in [3.8, 4) is 0 Å².